The molecule has 19 heavy (non-hydrogen) atoms. The van der Waals surface area contributed by atoms with E-state index in [2.05, 4.69) is 10.0 Å². The molecule has 0 fully saturated rings. The summed E-state index contributed by atoms with van der Waals surface area (Å²) in [6, 6.07) is 4.80. The minimum Gasteiger partial charge on any atom is -0.495 e. The van der Waals surface area contributed by atoms with Crippen LogP contribution in [-0.4, -0.2) is 34.9 Å². The molecule has 0 aliphatic carbocycles. The van der Waals surface area contributed by atoms with E-state index < -0.39 is 10.0 Å². The Balaban J connectivity index is 2.69. The smallest absolute Gasteiger partial charge is 0.232 e. The predicted octanol–water partition coefficient (Wildman–Crippen LogP) is 2.09. The molecule has 0 aliphatic rings. The molecule has 0 saturated heterocycles. The molecule has 0 radical (unpaired) electrons. The van der Waals surface area contributed by atoms with Crippen molar-refractivity contribution < 1.29 is 13.2 Å². The second-order valence-electron chi connectivity index (χ2n) is 4.08. The molecule has 7 heteroatoms. The van der Waals surface area contributed by atoms with Crippen LogP contribution >= 0.6 is 11.6 Å². The highest BCUT2D eigenvalue weighted by Crippen LogP contribution is 2.28. The van der Waals surface area contributed by atoms with E-state index in [0.29, 0.717) is 22.9 Å². The number of anilines is 1. The molecule has 0 aromatic heterocycles. The van der Waals surface area contributed by atoms with Crippen LogP contribution in [0.5, 0.6) is 5.75 Å². The predicted molar refractivity (Wildman–Crippen MR) is 78.6 cm³/mol. The zero-order valence-corrected chi connectivity index (χ0v) is 12.6. The molecular formula is C12H19ClN2O3S. The summed E-state index contributed by atoms with van der Waals surface area (Å²) in [6.45, 7) is 0.802. The lowest BCUT2D eigenvalue weighted by molar-refractivity contribution is 0.417. The third kappa shape index (κ3) is 5.67. The van der Waals surface area contributed by atoms with Crippen molar-refractivity contribution >= 4 is 27.3 Å². The van der Waals surface area contributed by atoms with E-state index in [9.17, 15) is 8.42 Å². The fourth-order valence-corrected chi connectivity index (χ4v) is 2.93. The summed E-state index contributed by atoms with van der Waals surface area (Å²) < 4.78 is 31.4. The van der Waals surface area contributed by atoms with Gasteiger partial charge in [-0.25, -0.2) is 8.42 Å². The molecule has 1 aromatic rings. The van der Waals surface area contributed by atoms with Crippen LogP contribution in [-0.2, 0) is 10.0 Å². The van der Waals surface area contributed by atoms with Gasteiger partial charge in [-0.15, -0.1) is 0 Å². The van der Waals surface area contributed by atoms with E-state index in [1.165, 1.54) is 13.2 Å². The number of halogens is 1. The van der Waals surface area contributed by atoms with Crippen LogP contribution in [0.1, 0.15) is 12.8 Å². The molecule has 5 nitrogen and oxygen atoms in total. The number of benzene rings is 1. The van der Waals surface area contributed by atoms with Crippen molar-refractivity contribution in [3.05, 3.63) is 23.2 Å². The van der Waals surface area contributed by atoms with Crippen molar-refractivity contribution in [1.82, 2.24) is 5.32 Å². The molecule has 108 valence electrons. The number of nitrogens with one attached hydrogen (secondary N) is 2. The fraction of sp³-hybridized carbons (Fsp3) is 0.500. The Morgan fingerprint density at radius 1 is 1.32 bits per heavy atom. The van der Waals surface area contributed by atoms with Gasteiger partial charge >= 0.3 is 0 Å². The van der Waals surface area contributed by atoms with Gasteiger partial charge in [0.25, 0.3) is 0 Å². The summed E-state index contributed by atoms with van der Waals surface area (Å²) in [7, 11) is -0.0639. The van der Waals surface area contributed by atoms with Crippen molar-refractivity contribution in [3.63, 3.8) is 0 Å². The lowest BCUT2D eigenvalue weighted by Gasteiger charge is -2.12. The fourth-order valence-electron chi connectivity index (χ4n) is 1.57. The molecule has 0 amide bonds. The number of sulfonamides is 1. The Morgan fingerprint density at radius 2 is 2.05 bits per heavy atom. The summed E-state index contributed by atoms with van der Waals surface area (Å²) in [4.78, 5) is 0. The van der Waals surface area contributed by atoms with Gasteiger partial charge in [0.15, 0.2) is 0 Å². The minimum absolute atomic E-state index is 0.0738. The monoisotopic (exact) mass is 306 g/mol. The Bertz CT molecular complexity index is 506. The highest BCUT2D eigenvalue weighted by molar-refractivity contribution is 7.92. The van der Waals surface area contributed by atoms with Crippen molar-refractivity contribution in [2.45, 2.75) is 12.8 Å². The molecule has 0 saturated carbocycles. The van der Waals surface area contributed by atoms with Gasteiger partial charge in [-0.05, 0) is 44.6 Å². The molecule has 0 atom stereocenters. The highest BCUT2D eigenvalue weighted by atomic mass is 35.5. The van der Waals surface area contributed by atoms with Gasteiger partial charge in [0.1, 0.15) is 5.75 Å². The maximum atomic E-state index is 11.9. The van der Waals surface area contributed by atoms with Gasteiger partial charge in [0.05, 0.1) is 18.6 Å². The first kappa shape index (κ1) is 16.1. The molecule has 0 unspecified atom stereocenters. The summed E-state index contributed by atoms with van der Waals surface area (Å²) in [6.07, 6.45) is 1.41. The lowest BCUT2D eigenvalue weighted by atomic mass is 10.3. The molecule has 0 bridgehead atoms. The van der Waals surface area contributed by atoms with E-state index in [4.69, 9.17) is 16.3 Å². The van der Waals surface area contributed by atoms with E-state index >= 15 is 0 Å². The van der Waals surface area contributed by atoms with Gasteiger partial charge in [0, 0.05) is 5.02 Å². The second-order valence-corrected chi connectivity index (χ2v) is 6.35. The second kappa shape index (κ2) is 7.57. The lowest BCUT2D eigenvalue weighted by Crippen LogP contribution is -2.18. The third-order valence-corrected chi connectivity index (χ3v) is 4.11. The number of hydrogen-bond acceptors (Lipinski definition) is 4. The number of ether oxygens (including phenoxy) is 1. The topological polar surface area (TPSA) is 67.4 Å². The Morgan fingerprint density at radius 3 is 2.68 bits per heavy atom. The Hall–Kier alpha value is -0.980. The maximum absolute atomic E-state index is 11.9. The number of methoxy groups -OCH3 is 1. The Kier molecular flexibility index (Phi) is 6.41. The quantitative estimate of drug-likeness (QED) is 0.722. The van der Waals surface area contributed by atoms with Crippen LogP contribution in [0.4, 0.5) is 5.69 Å². The van der Waals surface area contributed by atoms with Gasteiger partial charge in [-0.1, -0.05) is 11.6 Å². The minimum atomic E-state index is -3.38. The van der Waals surface area contributed by atoms with E-state index in [0.717, 1.165) is 13.0 Å². The first-order valence-corrected chi connectivity index (χ1v) is 8.00. The maximum Gasteiger partial charge on any atom is 0.232 e. The van der Waals surface area contributed by atoms with E-state index in [1.54, 1.807) is 12.1 Å². The van der Waals surface area contributed by atoms with Crippen molar-refractivity contribution in [2.75, 3.05) is 31.2 Å². The van der Waals surface area contributed by atoms with Crippen LogP contribution in [0.3, 0.4) is 0 Å². The van der Waals surface area contributed by atoms with Crippen LogP contribution in [0.15, 0.2) is 18.2 Å². The standard InChI is InChI=1S/C12H19ClN2O3S/c1-14-7-3-4-8-19(16,17)15-11-9-10(13)5-6-12(11)18-2/h5-6,9,14-15H,3-4,7-8H2,1-2H3. The molecule has 0 spiro atoms. The first-order valence-electron chi connectivity index (χ1n) is 5.97. The summed E-state index contributed by atoms with van der Waals surface area (Å²) in [5.74, 6) is 0.521. The molecule has 1 rings (SSSR count). The zero-order valence-electron chi connectivity index (χ0n) is 11.1. The van der Waals surface area contributed by atoms with Crippen LogP contribution in [0.2, 0.25) is 5.02 Å². The zero-order chi connectivity index (χ0) is 14.3. The van der Waals surface area contributed by atoms with Gasteiger partial charge in [-0.3, -0.25) is 4.72 Å². The van der Waals surface area contributed by atoms with Crippen LogP contribution in [0.25, 0.3) is 0 Å². The van der Waals surface area contributed by atoms with Gasteiger partial charge in [0.2, 0.25) is 10.0 Å². The third-order valence-electron chi connectivity index (χ3n) is 2.52. The number of rotatable bonds is 8. The molecule has 0 aliphatic heterocycles. The van der Waals surface area contributed by atoms with E-state index in [1.807, 2.05) is 7.05 Å². The number of unbranched alkanes of at least 4 members (excludes halogenated alkanes) is 1. The van der Waals surface area contributed by atoms with Crippen LogP contribution in [0, 0.1) is 0 Å². The van der Waals surface area contributed by atoms with Gasteiger partial charge < -0.3 is 10.1 Å². The average molecular weight is 307 g/mol. The molecule has 2 N–H and O–H groups in total. The Labute approximate surface area is 119 Å². The van der Waals surface area contributed by atoms with Crippen molar-refractivity contribution in [1.29, 1.82) is 0 Å². The van der Waals surface area contributed by atoms with Crippen molar-refractivity contribution in [2.24, 2.45) is 0 Å². The van der Waals surface area contributed by atoms with E-state index in [-0.39, 0.29) is 5.75 Å². The van der Waals surface area contributed by atoms with Crippen molar-refractivity contribution in [3.8, 4) is 5.75 Å². The summed E-state index contributed by atoms with van der Waals surface area (Å²) in [5.41, 5.74) is 0.364. The molecule has 0 heterocycles. The highest BCUT2D eigenvalue weighted by Gasteiger charge is 2.13. The normalized spacial score (nSPS) is 11.3. The van der Waals surface area contributed by atoms with Crippen LogP contribution < -0.4 is 14.8 Å². The largest absolute Gasteiger partial charge is 0.495 e. The summed E-state index contributed by atoms with van der Waals surface area (Å²) >= 11 is 5.85. The first-order chi connectivity index (χ1) is 8.98. The average Bonchev–Trinajstić information content (AvgIpc) is 2.34. The van der Waals surface area contributed by atoms with Gasteiger partial charge in [-0.2, -0.15) is 0 Å². The molecular weight excluding hydrogens is 288 g/mol. The SMILES string of the molecule is CNCCCCS(=O)(=O)Nc1cc(Cl)ccc1OC. The number of hydrogen-bond donors (Lipinski definition) is 2. The summed E-state index contributed by atoms with van der Waals surface area (Å²) in [5, 5.41) is 3.43. The molecule has 1 aromatic carbocycles.